The van der Waals surface area contributed by atoms with Gasteiger partial charge in [0.25, 0.3) is 0 Å². The zero-order valence-corrected chi connectivity index (χ0v) is 17.6. The van der Waals surface area contributed by atoms with Gasteiger partial charge in [-0.05, 0) is 69.5 Å². The van der Waals surface area contributed by atoms with Crippen molar-refractivity contribution in [1.82, 2.24) is 4.90 Å². The monoisotopic (exact) mass is 405 g/mol. The number of rotatable bonds is 3. The number of carbonyl (C=O) groups excluding carboxylic acids is 2. The number of aryl methyl sites for hydroxylation is 2. The van der Waals surface area contributed by atoms with Gasteiger partial charge in [0.15, 0.2) is 0 Å². The van der Waals surface area contributed by atoms with Gasteiger partial charge in [-0.25, -0.2) is 0 Å². The first-order chi connectivity index (χ1) is 14.4. The summed E-state index contributed by atoms with van der Waals surface area (Å²) in [7, 11) is 1.61. The third kappa shape index (κ3) is 2.59. The van der Waals surface area contributed by atoms with Crippen molar-refractivity contribution in [2.45, 2.75) is 44.7 Å². The Morgan fingerprint density at radius 1 is 1.23 bits per heavy atom. The molecular formula is C24H27N3O3. The molecule has 2 aromatic rings. The fourth-order valence-corrected chi connectivity index (χ4v) is 5.78. The fourth-order valence-electron chi connectivity index (χ4n) is 5.78. The lowest BCUT2D eigenvalue weighted by Crippen LogP contribution is -2.53. The molecule has 0 bridgehead atoms. The molecule has 2 fully saturated rings. The number of methoxy groups -OCH3 is 1. The number of hydrogen-bond acceptors (Lipinski definition) is 4. The second-order valence-corrected chi connectivity index (χ2v) is 8.72. The van der Waals surface area contributed by atoms with Crippen LogP contribution >= 0.6 is 0 Å². The SMILES string of the molecule is COc1ccc(NC(=O)[C@H]2C[C@@H]3CCCN3[C@]23C(=O)Nc2c(C)cc(C)cc23)cc1. The quantitative estimate of drug-likeness (QED) is 0.819. The van der Waals surface area contributed by atoms with Crippen LogP contribution in [0.1, 0.15) is 36.0 Å². The molecular weight excluding hydrogens is 378 g/mol. The van der Waals surface area contributed by atoms with E-state index in [1.807, 2.05) is 38.1 Å². The molecule has 0 aromatic heterocycles. The van der Waals surface area contributed by atoms with E-state index in [1.165, 1.54) is 0 Å². The van der Waals surface area contributed by atoms with Gasteiger partial charge >= 0.3 is 0 Å². The molecule has 0 saturated carbocycles. The summed E-state index contributed by atoms with van der Waals surface area (Å²) < 4.78 is 5.20. The first-order valence-corrected chi connectivity index (χ1v) is 10.6. The Morgan fingerprint density at radius 2 is 2.00 bits per heavy atom. The highest BCUT2D eigenvalue weighted by atomic mass is 16.5. The lowest BCUT2D eigenvalue weighted by molar-refractivity contribution is -0.135. The third-order valence-electron chi connectivity index (χ3n) is 6.99. The van der Waals surface area contributed by atoms with Gasteiger partial charge < -0.3 is 15.4 Å². The smallest absolute Gasteiger partial charge is 0.250 e. The number of ether oxygens (including phenoxy) is 1. The van der Waals surface area contributed by atoms with Crippen LogP contribution in [0.5, 0.6) is 5.75 Å². The third-order valence-corrected chi connectivity index (χ3v) is 6.99. The minimum atomic E-state index is -0.927. The van der Waals surface area contributed by atoms with Crippen molar-refractivity contribution in [3.8, 4) is 5.75 Å². The molecule has 30 heavy (non-hydrogen) atoms. The van der Waals surface area contributed by atoms with E-state index in [9.17, 15) is 9.59 Å². The number of carbonyl (C=O) groups is 2. The van der Waals surface area contributed by atoms with E-state index in [4.69, 9.17) is 4.74 Å². The molecule has 6 heteroatoms. The van der Waals surface area contributed by atoms with Crippen molar-refractivity contribution in [3.63, 3.8) is 0 Å². The Bertz CT molecular complexity index is 1030. The number of benzene rings is 2. The van der Waals surface area contributed by atoms with Gasteiger partial charge in [0.1, 0.15) is 11.3 Å². The van der Waals surface area contributed by atoms with Crippen LogP contribution in [0.25, 0.3) is 0 Å². The maximum atomic E-state index is 13.6. The van der Waals surface area contributed by atoms with Crippen molar-refractivity contribution in [2.75, 3.05) is 24.3 Å². The Balaban J connectivity index is 1.57. The highest BCUT2D eigenvalue weighted by Gasteiger charge is 2.65. The highest BCUT2D eigenvalue weighted by Crippen LogP contribution is 2.56. The standard InChI is InChI=1S/C24H27N3O3/c1-14-11-15(2)21-19(12-14)24(23(29)26-21)20(13-17-5-4-10-27(17)24)22(28)25-16-6-8-18(30-3)9-7-16/h6-9,11-12,17,20H,4-5,10,13H2,1-3H3,(H,25,28)(H,26,29)/t17-,20+,24-/m0/s1. The van der Waals surface area contributed by atoms with Crippen molar-refractivity contribution >= 4 is 23.2 Å². The number of amides is 2. The molecule has 0 unspecified atom stereocenters. The van der Waals surface area contributed by atoms with E-state index in [0.717, 1.165) is 47.5 Å². The number of hydrogen-bond donors (Lipinski definition) is 2. The summed E-state index contributed by atoms with van der Waals surface area (Å²) in [5, 5.41) is 6.18. The van der Waals surface area contributed by atoms with Gasteiger partial charge in [0.2, 0.25) is 11.8 Å². The van der Waals surface area contributed by atoms with Crippen LogP contribution in [0.4, 0.5) is 11.4 Å². The molecule has 156 valence electrons. The van der Waals surface area contributed by atoms with E-state index < -0.39 is 11.5 Å². The predicted molar refractivity (Wildman–Crippen MR) is 116 cm³/mol. The van der Waals surface area contributed by atoms with Gasteiger partial charge in [-0.1, -0.05) is 17.7 Å². The summed E-state index contributed by atoms with van der Waals surface area (Å²) in [5.74, 6) is 0.135. The van der Waals surface area contributed by atoms with Crippen LogP contribution in [-0.4, -0.2) is 36.4 Å². The second kappa shape index (κ2) is 6.84. The highest BCUT2D eigenvalue weighted by molar-refractivity contribution is 6.11. The van der Waals surface area contributed by atoms with Crippen molar-refractivity contribution in [1.29, 1.82) is 0 Å². The number of anilines is 2. The zero-order valence-electron chi connectivity index (χ0n) is 17.6. The van der Waals surface area contributed by atoms with Crippen molar-refractivity contribution in [3.05, 3.63) is 53.1 Å². The summed E-state index contributed by atoms with van der Waals surface area (Å²) in [6, 6.07) is 11.7. The summed E-state index contributed by atoms with van der Waals surface area (Å²) in [6.07, 6.45) is 2.79. The molecule has 2 amide bonds. The molecule has 2 saturated heterocycles. The second-order valence-electron chi connectivity index (χ2n) is 8.72. The fraction of sp³-hybridized carbons (Fsp3) is 0.417. The molecule has 3 aliphatic heterocycles. The van der Waals surface area contributed by atoms with Crippen LogP contribution in [-0.2, 0) is 15.1 Å². The average molecular weight is 405 g/mol. The maximum absolute atomic E-state index is 13.6. The molecule has 5 rings (SSSR count). The molecule has 2 N–H and O–H groups in total. The maximum Gasteiger partial charge on any atom is 0.250 e. The zero-order chi connectivity index (χ0) is 21.0. The molecule has 1 spiro atoms. The van der Waals surface area contributed by atoms with E-state index in [0.29, 0.717) is 12.1 Å². The van der Waals surface area contributed by atoms with Crippen LogP contribution in [0.2, 0.25) is 0 Å². The minimum absolute atomic E-state index is 0.0644. The summed E-state index contributed by atoms with van der Waals surface area (Å²) in [6.45, 7) is 4.91. The van der Waals surface area contributed by atoms with E-state index >= 15 is 0 Å². The lowest BCUT2D eigenvalue weighted by Gasteiger charge is -2.36. The van der Waals surface area contributed by atoms with E-state index in [1.54, 1.807) is 7.11 Å². The van der Waals surface area contributed by atoms with Crippen LogP contribution in [0, 0.1) is 19.8 Å². The topological polar surface area (TPSA) is 70.7 Å². The molecule has 3 heterocycles. The summed E-state index contributed by atoms with van der Waals surface area (Å²) >= 11 is 0. The molecule has 0 radical (unpaired) electrons. The minimum Gasteiger partial charge on any atom is -0.497 e. The predicted octanol–water partition coefficient (Wildman–Crippen LogP) is 3.58. The molecule has 0 aliphatic carbocycles. The molecule has 3 atom stereocenters. The summed E-state index contributed by atoms with van der Waals surface area (Å²) in [5.41, 5.74) is 3.78. The largest absolute Gasteiger partial charge is 0.497 e. The van der Waals surface area contributed by atoms with Gasteiger partial charge in [-0.3, -0.25) is 14.5 Å². The first kappa shape index (κ1) is 19.1. The number of nitrogens with zero attached hydrogens (tertiary/aromatic N) is 1. The van der Waals surface area contributed by atoms with E-state index in [2.05, 4.69) is 27.7 Å². The molecule has 2 aromatic carbocycles. The van der Waals surface area contributed by atoms with Crippen molar-refractivity contribution in [2.24, 2.45) is 5.92 Å². The average Bonchev–Trinajstić information content (AvgIpc) is 3.38. The molecule has 3 aliphatic rings. The van der Waals surface area contributed by atoms with Gasteiger partial charge in [0, 0.05) is 23.0 Å². The Kier molecular flexibility index (Phi) is 4.36. The van der Waals surface area contributed by atoms with Gasteiger partial charge in [0.05, 0.1) is 13.0 Å². The van der Waals surface area contributed by atoms with Gasteiger partial charge in [-0.15, -0.1) is 0 Å². The number of fused-ring (bicyclic) bond motifs is 4. The Labute approximate surface area is 176 Å². The Hall–Kier alpha value is -2.86. The lowest BCUT2D eigenvalue weighted by atomic mass is 9.77. The molecule has 6 nitrogen and oxygen atoms in total. The van der Waals surface area contributed by atoms with Crippen molar-refractivity contribution < 1.29 is 14.3 Å². The van der Waals surface area contributed by atoms with Crippen LogP contribution in [0.15, 0.2) is 36.4 Å². The van der Waals surface area contributed by atoms with Crippen LogP contribution in [0.3, 0.4) is 0 Å². The summed E-state index contributed by atoms with van der Waals surface area (Å²) in [4.78, 5) is 29.4. The normalized spacial score (nSPS) is 27.1. The first-order valence-electron chi connectivity index (χ1n) is 10.6. The Morgan fingerprint density at radius 3 is 2.73 bits per heavy atom. The van der Waals surface area contributed by atoms with Crippen LogP contribution < -0.4 is 15.4 Å². The number of nitrogens with one attached hydrogen (secondary N) is 2. The van der Waals surface area contributed by atoms with Gasteiger partial charge in [-0.2, -0.15) is 0 Å². The van der Waals surface area contributed by atoms with E-state index in [-0.39, 0.29) is 17.9 Å².